The van der Waals surface area contributed by atoms with Crippen LogP contribution in [0.25, 0.3) is 0 Å². The maximum atomic E-state index is 13.6. The fourth-order valence-electron chi connectivity index (χ4n) is 1.64. The Morgan fingerprint density at radius 2 is 1.47 bits per heavy atom. The molecule has 100 valence electrons. The van der Waals surface area contributed by atoms with Crippen LogP contribution in [0.1, 0.15) is 17.2 Å². The van der Waals surface area contributed by atoms with Crippen LogP contribution in [-0.2, 0) is 0 Å². The lowest BCUT2D eigenvalue weighted by molar-refractivity contribution is 0.214. The maximum absolute atomic E-state index is 13.6. The Hall–Kier alpha value is -1.23. The molecular formula is C13H7Cl2F3O. The number of hydrogen-bond acceptors (Lipinski definition) is 1. The molecule has 2 rings (SSSR count). The zero-order chi connectivity index (χ0) is 14.2. The van der Waals surface area contributed by atoms with Crippen molar-refractivity contribution in [1.82, 2.24) is 0 Å². The summed E-state index contributed by atoms with van der Waals surface area (Å²) in [7, 11) is 0. The molecule has 0 amide bonds. The van der Waals surface area contributed by atoms with Crippen LogP contribution in [-0.4, -0.2) is 5.11 Å². The summed E-state index contributed by atoms with van der Waals surface area (Å²) in [6.07, 6.45) is -1.54. The zero-order valence-electron chi connectivity index (χ0n) is 9.30. The molecule has 0 radical (unpaired) electrons. The van der Waals surface area contributed by atoms with Crippen LogP contribution in [0, 0.1) is 17.5 Å². The van der Waals surface area contributed by atoms with E-state index in [2.05, 4.69) is 0 Å². The monoisotopic (exact) mass is 306 g/mol. The number of hydrogen-bond donors (Lipinski definition) is 1. The first-order chi connectivity index (χ1) is 8.90. The number of aliphatic hydroxyl groups excluding tert-OH is 1. The number of aliphatic hydroxyl groups is 1. The Kier molecular flexibility index (Phi) is 4.04. The van der Waals surface area contributed by atoms with E-state index < -0.39 is 29.1 Å². The number of halogens is 5. The van der Waals surface area contributed by atoms with Gasteiger partial charge in [0.2, 0.25) is 0 Å². The molecule has 19 heavy (non-hydrogen) atoms. The molecule has 0 aromatic heterocycles. The van der Waals surface area contributed by atoms with Gasteiger partial charge in [0.25, 0.3) is 0 Å². The average molecular weight is 307 g/mol. The minimum absolute atomic E-state index is 0.110. The van der Waals surface area contributed by atoms with E-state index in [4.69, 9.17) is 23.2 Å². The molecule has 0 saturated carbocycles. The molecule has 0 aliphatic rings. The number of benzene rings is 2. The Morgan fingerprint density at radius 1 is 0.842 bits per heavy atom. The molecule has 0 heterocycles. The fraction of sp³-hybridized carbons (Fsp3) is 0.0769. The minimum atomic E-state index is -1.54. The fourth-order valence-corrected chi connectivity index (χ4v) is 2.04. The van der Waals surface area contributed by atoms with E-state index >= 15 is 0 Å². The zero-order valence-corrected chi connectivity index (χ0v) is 10.8. The summed E-state index contributed by atoms with van der Waals surface area (Å²) in [6.45, 7) is 0. The lowest BCUT2D eigenvalue weighted by Crippen LogP contribution is -2.05. The molecule has 1 N–H and O–H groups in total. The van der Waals surface area contributed by atoms with Gasteiger partial charge in [-0.25, -0.2) is 13.2 Å². The quantitative estimate of drug-likeness (QED) is 0.810. The third kappa shape index (κ3) is 2.86. The van der Waals surface area contributed by atoms with Gasteiger partial charge in [-0.05, 0) is 24.3 Å². The molecule has 1 atom stereocenters. The molecule has 2 aromatic carbocycles. The summed E-state index contributed by atoms with van der Waals surface area (Å²) in [5.41, 5.74) is -0.304. The van der Waals surface area contributed by atoms with E-state index in [1.54, 1.807) is 0 Å². The Labute approximate surface area is 117 Å². The molecule has 2 aromatic rings. The van der Waals surface area contributed by atoms with Crippen LogP contribution < -0.4 is 0 Å². The topological polar surface area (TPSA) is 20.2 Å². The summed E-state index contributed by atoms with van der Waals surface area (Å²) < 4.78 is 39.5. The third-order valence-electron chi connectivity index (χ3n) is 2.59. The van der Waals surface area contributed by atoms with Crippen molar-refractivity contribution in [1.29, 1.82) is 0 Å². The second-order valence-electron chi connectivity index (χ2n) is 3.86. The number of rotatable bonds is 2. The molecule has 0 aliphatic heterocycles. The highest BCUT2D eigenvalue weighted by molar-refractivity contribution is 6.33. The van der Waals surface area contributed by atoms with Crippen molar-refractivity contribution in [2.24, 2.45) is 0 Å². The molecule has 0 aliphatic carbocycles. The van der Waals surface area contributed by atoms with Crippen molar-refractivity contribution >= 4 is 23.2 Å². The predicted octanol–water partition coefficient (Wildman–Crippen LogP) is 4.49. The van der Waals surface area contributed by atoms with Crippen LogP contribution in [0.15, 0.2) is 30.3 Å². The smallest absolute Gasteiger partial charge is 0.161 e. The van der Waals surface area contributed by atoms with Crippen LogP contribution in [0.3, 0.4) is 0 Å². The van der Waals surface area contributed by atoms with Gasteiger partial charge < -0.3 is 5.11 Å². The first-order valence-corrected chi connectivity index (χ1v) is 5.93. The third-order valence-corrected chi connectivity index (χ3v) is 3.17. The lowest BCUT2D eigenvalue weighted by Gasteiger charge is -2.14. The highest BCUT2D eigenvalue weighted by Gasteiger charge is 2.20. The Morgan fingerprint density at radius 3 is 2.16 bits per heavy atom. The van der Waals surface area contributed by atoms with Gasteiger partial charge in [-0.3, -0.25) is 0 Å². The van der Waals surface area contributed by atoms with E-state index in [1.165, 1.54) is 18.2 Å². The molecule has 0 bridgehead atoms. The van der Waals surface area contributed by atoms with Gasteiger partial charge in [0, 0.05) is 27.2 Å². The lowest BCUT2D eigenvalue weighted by atomic mass is 10.0. The largest absolute Gasteiger partial charge is 0.383 e. The van der Waals surface area contributed by atoms with Gasteiger partial charge >= 0.3 is 0 Å². The molecule has 6 heteroatoms. The highest BCUT2D eigenvalue weighted by Crippen LogP contribution is 2.32. The van der Waals surface area contributed by atoms with Gasteiger partial charge in [-0.2, -0.15) is 0 Å². The van der Waals surface area contributed by atoms with Gasteiger partial charge in [-0.1, -0.05) is 23.2 Å². The summed E-state index contributed by atoms with van der Waals surface area (Å²) in [6, 6.07) is 5.19. The molecule has 0 fully saturated rings. The second-order valence-corrected chi connectivity index (χ2v) is 4.70. The predicted molar refractivity (Wildman–Crippen MR) is 66.8 cm³/mol. The van der Waals surface area contributed by atoms with Crippen LogP contribution in [0.5, 0.6) is 0 Å². The van der Waals surface area contributed by atoms with Crippen LogP contribution >= 0.6 is 23.2 Å². The minimum Gasteiger partial charge on any atom is -0.383 e. The van der Waals surface area contributed by atoms with Crippen molar-refractivity contribution in [3.05, 3.63) is 69.0 Å². The SMILES string of the molecule is OC(c1cc(F)c(F)cc1F)c1cc(Cl)ccc1Cl. The normalized spacial score (nSPS) is 12.5. The van der Waals surface area contributed by atoms with Gasteiger partial charge in [-0.15, -0.1) is 0 Å². The van der Waals surface area contributed by atoms with Crippen LogP contribution in [0.4, 0.5) is 13.2 Å². The van der Waals surface area contributed by atoms with E-state index in [0.717, 1.165) is 0 Å². The molecule has 1 nitrogen and oxygen atoms in total. The highest BCUT2D eigenvalue weighted by atomic mass is 35.5. The van der Waals surface area contributed by atoms with Gasteiger partial charge in [0.15, 0.2) is 11.6 Å². The standard InChI is InChI=1S/C13H7Cl2F3O/c14-6-1-2-9(15)7(3-6)13(19)8-4-11(17)12(18)5-10(8)16/h1-5,13,19H. The van der Waals surface area contributed by atoms with E-state index in [0.29, 0.717) is 12.1 Å². The average Bonchev–Trinajstić information content (AvgIpc) is 2.36. The van der Waals surface area contributed by atoms with Gasteiger partial charge in [0.05, 0.1) is 0 Å². The van der Waals surface area contributed by atoms with Crippen molar-refractivity contribution in [2.75, 3.05) is 0 Å². The van der Waals surface area contributed by atoms with E-state index in [1.807, 2.05) is 0 Å². The van der Waals surface area contributed by atoms with E-state index in [9.17, 15) is 18.3 Å². The summed E-state index contributed by atoms with van der Waals surface area (Å²) in [4.78, 5) is 0. The van der Waals surface area contributed by atoms with Crippen LogP contribution in [0.2, 0.25) is 10.0 Å². The van der Waals surface area contributed by atoms with Gasteiger partial charge in [0.1, 0.15) is 11.9 Å². The molecule has 1 unspecified atom stereocenters. The molecule has 0 spiro atoms. The first kappa shape index (κ1) is 14.2. The van der Waals surface area contributed by atoms with Crippen molar-refractivity contribution in [3.8, 4) is 0 Å². The summed E-state index contributed by atoms with van der Waals surface area (Å²) >= 11 is 11.6. The summed E-state index contributed by atoms with van der Waals surface area (Å²) in [5.74, 6) is -3.65. The summed E-state index contributed by atoms with van der Waals surface area (Å²) in [5, 5.41) is 10.4. The van der Waals surface area contributed by atoms with Crippen molar-refractivity contribution < 1.29 is 18.3 Å². The second kappa shape index (κ2) is 5.41. The first-order valence-electron chi connectivity index (χ1n) is 5.17. The Balaban J connectivity index is 2.52. The van der Waals surface area contributed by atoms with Crippen molar-refractivity contribution in [2.45, 2.75) is 6.10 Å². The molecular weight excluding hydrogens is 300 g/mol. The van der Waals surface area contributed by atoms with E-state index in [-0.39, 0.29) is 15.6 Å². The maximum Gasteiger partial charge on any atom is 0.161 e. The Bertz CT molecular complexity index is 632. The molecule has 0 saturated heterocycles. The van der Waals surface area contributed by atoms with Crippen molar-refractivity contribution in [3.63, 3.8) is 0 Å².